The van der Waals surface area contributed by atoms with Crippen LogP contribution in [0.5, 0.6) is 0 Å². The molecular formula is C11H16N4O. The smallest absolute Gasteiger partial charge is 0.252 e. The van der Waals surface area contributed by atoms with E-state index in [0.717, 1.165) is 24.5 Å². The Labute approximate surface area is 94.4 Å². The summed E-state index contributed by atoms with van der Waals surface area (Å²) in [5.74, 6) is -0.430. The summed E-state index contributed by atoms with van der Waals surface area (Å²) in [6.45, 7) is 5.24. The molecule has 0 saturated carbocycles. The second kappa shape index (κ2) is 3.75. The summed E-state index contributed by atoms with van der Waals surface area (Å²) >= 11 is 0. The summed E-state index contributed by atoms with van der Waals surface area (Å²) in [4.78, 5) is 17.7. The Kier molecular flexibility index (Phi) is 2.55. The van der Waals surface area contributed by atoms with Gasteiger partial charge in [0, 0.05) is 24.8 Å². The summed E-state index contributed by atoms with van der Waals surface area (Å²) < 4.78 is 0. The quantitative estimate of drug-likeness (QED) is 0.731. The second-order valence-corrected chi connectivity index (χ2v) is 4.27. The first-order valence-electron chi connectivity index (χ1n) is 5.27. The van der Waals surface area contributed by atoms with Gasteiger partial charge < -0.3 is 16.4 Å². The van der Waals surface area contributed by atoms with Gasteiger partial charge in [-0.15, -0.1) is 0 Å². The molecule has 1 aromatic heterocycles. The molecule has 0 aliphatic carbocycles. The number of carbonyl (C=O) groups is 1. The van der Waals surface area contributed by atoms with E-state index in [0.29, 0.717) is 11.3 Å². The molecule has 1 fully saturated rings. The molecule has 16 heavy (non-hydrogen) atoms. The number of hydrogen-bond donors (Lipinski definition) is 2. The summed E-state index contributed by atoms with van der Waals surface area (Å²) in [7, 11) is 0. The lowest BCUT2D eigenvalue weighted by Crippen LogP contribution is -2.56. The zero-order valence-electron chi connectivity index (χ0n) is 9.53. The Balaban J connectivity index is 2.45. The lowest BCUT2D eigenvalue weighted by molar-refractivity contribution is 0.0999. The van der Waals surface area contributed by atoms with Gasteiger partial charge in [-0.1, -0.05) is 0 Å². The average molecular weight is 220 g/mol. The molecule has 0 atom stereocenters. The summed E-state index contributed by atoms with van der Waals surface area (Å²) in [5.41, 5.74) is 14.1. The number of aryl methyl sites for hydroxylation is 2. The van der Waals surface area contributed by atoms with E-state index in [1.165, 1.54) is 0 Å². The van der Waals surface area contributed by atoms with Crippen molar-refractivity contribution in [2.45, 2.75) is 19.9 Å². The fraction of sp³-hybridized carbons (Fsp3) is 0.455. The van der Waals surface area contributed by atoms with Crippen LogP contribution in [0.25, 0.3) is 0 Å². The Bertz CT molecular complexity index is 438. The number of hydrogen-bond acceptors (Lipinski definition) is 4. The van der Waals surface area contributed by atoms with E-state index in [-0.39, 0.29) is 6.04 Å². The van der Waals surface area contributed by atoms with Gasteiger partial charge in [0.1, 0.15) is 0 Å². The number of rotatable bonds is 2. The largest absolute Gasteiger partial charge is 0.368 e. The van der Waals surface area contributed by atoms with Crippen molar-refractivity contribution in [2.75, 3.05) is 18.0 Å². The molecule has 1 saturated heterocycles. The topological polar surface area (TPSA) is 85.2 Å². The Morgan fingerprint density at radius 1 is 1.50 bits per heavy atom. The van der Waals surface area contributed by atoms with Crippen molar-refractivity contribution in [3.05, 3.63) is 23.0 Å². The maximum atomic E-state index is 11.4. The maximum absolute atomic E-state index is 11.4. The zero-order valence-corrected chi connectivity index (χ0v) is 9.53. The van der Waals surface area contributed by atoms with Gasteiger partial charge in [0.2, 0.25) is 0 Å². The van der Waals surface area contributed by atoms with Crippen molar-refractivity contribution >= 4 is 11.6 Å². The summed E-state index contributed by atoms with van der Waals surface area (Å²) in [6, 6.07) is 2.08. The zero-order chi connectivity index (χ0) is 11.9. The molecule has 1 amide bonds. The molecule has 1 aromatic rings. The highest BCUT2D eigenvalue weighted by molar-refractivity contribution is 6.00. The number of aromatic nitrogens is 1. The Morgan fingerprint density at radius 2 is 2.12 bits per heavy atom. The van der Waals surface area contributed by atoms with Crippen molar-refractivity contribution in [2.24, 2.45) is 11.5 Å². The van der Waals surface area contributed by atoms with Crippen LogP contribution in [0, 0.1) is 13.8 Å². The van der Waals surface area contributed by atoms with Crippen LogP contribution in [0.2, 0.25) is 0 Å². The van der Waals surface area contributed by atoms with Crippen LogP contribution in [-0.2, 0) is 0 Å². The first kappa shape index (κ1) is 10.9. The third-order valence-corrected chi connectivity index (χ3v) is 2.80. The third kappa shape index (κ3) is 1.74. The number of amides is 1. The highest BCUT2D eigenvalue weighted by atomic mass is 16.1. The number of anilines is 1. The lowest BCUT2D eigenvalue weighted by Gasteiger charge is -2.39. The minimum absolute atomic E-state index is 0.189. The minimum Gasteiger partial charge on any atom is -0.368 e. The molecular weight excluding hydrogens is 204 g/mol. The van der Waals surface area contributed by atoms with Crippen LogP contribution in [0.3, 0.4) is 0 Å². The number of carbonyl (C=O) groups excluding carboxylic acids is 1. The fourth-order valence-electron chi connectivity index (χ4n) is 2.07. The molecule has 1 aliphatic heterocycles. The SMILES string of the molecule is Cc1cc(N2CC(N)C2)c(C(N)=O)c(C)n1. The van der Waals surface area contributed by atoms with Crippen LogP contribution in [-0.4, -0.2) is 30.0 Å². The molecule has 0 spiro atoms. The molecule has 4 N–H and O–H groups in total. The second-order valence-electron chi connectivity index (χ2n) is 4.27. The lowest BCUT2D eigenvalue weighted by atomic mass is 10.0. The van der Waals surface area contributed by atoms with E-state index in [9.17, 15) is 4.79 Å². The van der Waals surface area contributed by atoms with E-state index in [1.807, 2.05) is 13.0 Å². The number of primary amides is 1. The van der Waals surface area contributed by atoms with Gasteiger partial charge >= 0.3 is 0 Å². The van der Waals surface area contributed by atoms with Gasteiger partial charge in [0.25, 0.3) is 5.91 Å². The predicted octanol–water partition coefficient (Wildman–Crippen LogP) is -0.0554. The monoisotopic (exact) mass is 220 g/mol. The highest BCUT2D eigenvalue weighted by Crippen LogP contribution is 2.27. The molecule has 1 aliphatic rings. The Morgan fingerprint density at radius 3 is 2.62 bits per heavy atom. The van der Waals surface area contributed by atoms with E-state index >= 15 is 0 Å². The van der Waals surface area contributed by atoms with Crippen LogP contribution >= 0.6 is 0 Å². The van der Waals surface area contributed by atoms with Gasteiger partial charge in [-0.25, -0.2) is 0 Å². The molecule has 0 bridgehead atoms. The van der Waals surface area contributed by atoms with Crippen molar-refractivity contribution in [3.8, 4) is 0 Å². The van der Waals surface area contributed by atoms with Gasteiger partial charge in [-0.2, -0.15) is 0 Å². The number of nitrogens with two attached hydrogens (primary N) is 2. The van der Waals surface area contributed by atoms with Crippen molar-refractivity contribution < 1.29 is 4.79 Å². The molecule has 0 unspecified atom stereocenters. The molecule has 2 rings (SSSR count). The number of pyridine rings is 1. The van der Waals surface area contributed by atoms with Gasteiger partial charge in [-0.3, -0.25) is 9.78 Å². The normalized spacial score (nSPS) is 16.1. The highest BCUT2D eigenvalue weighted by Gasteiger charge is 2.27. The molecule has 5 nitrogen and oxygen atoms in total. The van der Waals surface area contributed by atoms with Crippen LogP contribution in [0.15, 0.2) is 6.07 Å². The van der Waals surface area contributed by atoms with Gasteiger partial charge in [-0.05, 0) is 19.9 Å². The molecule has 2 heterocycles. The molecule has 0 radical (unpaired) electrons. The first-order chi connectivity index (χ1) is 7.49. The minimum atomic E-state index is -0.430. The van der Waals surface area contributed by atoms with Crippen LogP contribution in [0.4, 0.5) is 5.69 Å². The predicted molar refractivity (Wildman–Crippen MR) is 62.4 cm³/mol. The van der Waals surface area contributed by atoms with Gasteiger partial charge in [0.05, 0.1) is 16.9 Å². The van der Waals surface area contributed by atoms with Crippen LogP contribution < -0.4 is 16.4 Å². The average Bonchev–Trinajstić information content (AvgIpc) is 2.10. The van der Waals surface area contributed by atoms with Crippen molar-refractivity contribution in [1.82, 2.24) is 4.98 Å². The Hall–Kier alpha value is -1.62. The van der Waals surface area contributed by atoms with Crippen molar-refractivity contribution in [1.29, 1.82) is 0 Å². The summed E-state index contributed by atoms with van der Waals surface area (Å²) in [5, 5.41) is 0. The first-order valence-corrected chi connectivity index (χ1v) is 5.27. The van der Waals surface area contributed by atoms with E-state index in [1.54, 1.807) is 6.92 Å². The summed E-state index contributed by atoms with van der Waals surface area (Å²) in [6.07, 6.45) is 0. The molecule has 0 aromatic carbocycles. The van der Waals surface area contributed by atoms with E-state index < -0.39 is 5.91 Å². The molecule has 5 heteroatoms. The molecule has 86 valence electrons. The number of nitrogens with zero attached hydrogens (tertiary/aromatic N) is 2. The van der Waals surface area contributed by atoms with E-state index in [4.69, 9.17) is 11.5 Å². The standard InChI is InChI=1S/C11H16N4O/c1-6-3-9(15-4-8(12)5-15)10(11(13)16)7(2)14-6/h3,8H,4-5,12H2,1-2H3,(H2,13,16). The van der Waals surface area contributed by atoms with Crippen molar-refractivity contribution in [3.63, 3.8) is 0 Å². The van der Waals surface area contributed by atoms with Crippen LogP contribution in [0.1, 0.15) is 21.7 Å². The van der Waals surface area contributed by atoms with Gasteiger partial charge in [0.15, 0.2) is 0 Å². The third-order valence-electron chi connectivity index (χ3n) is 2.80. The fourth-order valence-corrected chi connectivity index (χ4v) is 2.07. The maximum Gasteiger partial charge on any atom is 0.252 e. The van der Waals surface area contributed by atoms with E-state index in [2.05, 4.69) is 9.88 Å².